The summed E-state index contributed by atoms with van der Waals surface area (Å²) in [5.41, 5.74) is 6.98. The van der Waals surface area contributed by atoms with Crippen LogP contribution in [0.3, 0.4) is 0 Å². The number of ether oxygens (including phenoxy) is 1. The van der Waals surface area contributed by atoms with E-state index < -0.39 is 0 Å². The molecule has 106 valence electrons. The number of rotatable bonds is 7. The quantitative estimate of drug-likeness (QED) is 0.821. The molecular formula is C15H24N2O2. The molecule has 0 aromatic heterocycles. The van der Waals surface area contributed by atoms with Gasteiger partial charge in [0.05, 0.1) is 13.2 Å². The van der Waals surface area contributed by atoms with Crippen LogP contribution in [0, 0.1) is 0 Å². The van der Waals surface area contributed by atoms with Crippen molar-refractivity contribution in [3.05, 3.63) is 29.8 Å². The van der Waals surface area contributed by atoms with E-state index in [1.807, 2.05) is 38.1 Å². The first-order valence-corrected chi connectivity index (χ1v) is 6.79. The Labute approximate surface area is 115 Å². The van der Waals surface area contributed by atoms with Gasteiger partial charge in [-0.15, -0.1) is 0 Å². The van der Waals surface area contributed by atoms with Gasteiger partial charge in [0.15, 0.2) is 0 Å². The summed E-state index contributed by atoms with van der Waals surface area (Å²) in [7, 11) is 1.64. The van der Waals surface area contributed by atoms with Crippen LogP contribution < -0.4 is 10.5 Å². The largest absolute Gasteiger partial charge is 0.497 e. The second-order valence-corrected chi connectivity index (χ2v) is 4.60. The Balaban J connectivity index is 2.67. The Bertz CT molecular complexity index is 390. The zero-order valence-electron chi connectivity index (χ0n) is 12.1. The minimum Gasteiger partial charge on any atom is -0.497 e. The van der Waals surface area contributed by atoms with Gasteiger partial charge in [-0.3, -0.25) is 4.79 Å². The van der Waals surface area contributed by atoms with E-state index >= 15 is 0 Å². The third-order valence-corrected chi connectivity index (χ3v) is 3.14. The van der Waals surface area contributed by atoms with Gasteiger partial charge in [0.2, 0.25) is 5.91 Å². The van der Waals surface area contributed by atoms with E-state index in [1.54, 1.807) is 12.0 Å². The van der Waals surface area contributed by atoms with Crippen LogP contribution in [-0.4, -0.2) is 30.5 Å². The molecular weight excluding hydrogens is 240 g/mol. The topological polar surface area (TPSA) is 55.6 Å². The Kier molecular flexibility index (Phi) is 6.36. The van der Waals surface area contributed by atoms with Crippen molar-refractivity contribution in [2.45, 2.75) is 39.3 Å². The van der Waals surface area contributed by atoms with Crippen LogP contribution in [0.25, 0.3) is 0 Å². The first-order valence-electron chi connectivity index (χ1n) is 6.79. The minimum absolute atomic E-state index is 0.0279. The lowest BCUT2D eigenvalue weighted by atomic mass is 10.1. The number of likely N-dealkylation sites (N-methyl/N-ethyl adjacent to an activating group) is 1. The van der Waals surface area contributed by atoms with Crippen molar-refractivity contribution in [2.75, 3.05) is 13.7 Å². The highest BCUT2D eigenvalue weighted by Gasteiger charge is 2.19. The van der Waals surface area contributed by atoms with Crippen molar-refractivity contribution < 1.29 is 9.53 Å². The normalized spacial score (nSPS) is 12.0. The molecule has 0 bridgehead atoms. The Hall–Kier alpha value is -1.55. The second kappa shape index (κ2) is 7.79. The number of benzene rings is 1. The Morgan fingerprint density at radius 2 is 1.95 bits per heavy atom. The number of carbonyl (C=O) groups is 1. The highest BCUT2D eigenvalue weighted by molar-refractivity contribution is 5.81. The van der Waals surface area contributed by atoms with Crippen LogP contribution in [0.4, 0.5) is 0 Å². The average Bonchev–Trinajstić information content (AvgIpc) is 2.45. The molecule has 0 saturated heterocycles. The number of nitrogens with zero attached hydrogens (tertiary/aromatic N) is 1. The van der Waals surface area contributed by atoms with Gasteiger partial charge in [-0.05, 0) is 31.0 Å². The third kappa shape index (κ3) is 4.56. The van der Waals surface area contributed by atoms with E-state index in [4.69, 9.17) is 10.5 Å². The van der Waals surface area contributed by atoms with Crippen molar-refractivity contribution in [3.63, 3.8) is 0 Å². The van der Waals surface area contributed by atoms with Crippen LogP contribution in [-0.2, 0) is 11.3 Å². The summed E-state index contributed by atoms with van der Waals surface area (Å²) in [6.07, 6.45) is 1.66. The maximum Gasteiger partial charge on any atom is 0.239 e. The van der Waals surface area contributed by atoms with Gasteiger partial charge in [-0.1, -0.05) is 25.5 Å². The predicted octanol–water partition coefficient (Wildman–Crippen LogP) is 2.17. The van der Waals surface area contributed by atoms with Gasteiger partial charge in [-0.2, -0.15) is 0 Å². The molecule has 0 aliphatic rings. The number of hydrogen-bond donors (Lipinski definition) is 1. The summed E-state index contributed by atoms with van der Waals surface area (Å²) in [6, 6.07) is 7.36. The molecule has 0 unspecified atom stereocenters. The lowest BCUT2D eigenvalue weighted by Crippen LogP contribution is -2.43. The third-order valence-electron chi connectivity index (χ3n) is 3.14. The molecule has 1 atom stereocenters. The zero-order chi connectivity index (χ0) is 14.3. The Morgan fingerprint density at radius 1 is 1.32 bits per heavy atom. The van der Waals surface area contributed by atoms with Crippen LogP contribution >= 0.6 is 0 Å². The van der Waals surface area contributed by atoms with Gasteiger partial charge in [-0.25, -0.2) is 0 Å². The molecule has 2 N–H and O–H groups in total. The molecule has 0 spiro atoms. The summed E-state index contributed by atoms with van der Waals surface area (Å²) in [6.45, 7) is 5.27. The first-order chi connectivity index (χ1) is 9.12. The summed E-state index contributed by atoms with van der Waals surface area (Å²) < 4.78 is 5.12. The molecule has 0 aliphatic carbocycles. The zero-order valence-corrected chi connectivity index (χ0v) is 12.1. The highest BCUT2D eigenvalue weighted by atomic mass is 16.5. The van der Waals surface area contributed by atoms with Crippen LogP contribution in [0.5, 0.6) is 5.75 Å². The minimum atomic E-state index is -0.386. The molecule has 1 aromatic rings. The van der Waals surface area contributed by atoms with Gasteiger partial charge in [0.25, 0.3) is 0 Å². The van der Waals surface area contributed by atoms with Gasteiger partial charge < -0.3 is 15.4 Å². The smallest absolute Gasteiger partial charge is 0.239 e. The molecule has 4 nitrogen and oxygen atoms in total. The van der Waals surface area contributed by atoms with E-state index in [2.05, 4.69) is 0 Å². The highest BCUT2D eigenvalue weighted by Crippen LogP contribution is 2.13. The van der Waals surface area contributed by atoms with Crippen molar-refractivity contribution in [3.8, 4) is 5.75 Å². The fourth-order valence-corrected chi connectivity index (χ4v) is 1.97. The summed E-state index contributed by atoms with van der Waals surface area (Å²) in [5, 5.41) is 0. The van der Waals surface area contributed by atoms with Gasteiger partial charge in [0, 0.05) is 13.1 Å². The predicted molar refractivity (Wildman–Crippen MR) is 77.0 cm³/mol. The van der Waals surface area contributed by atoms with Crippen LogP contribution in [0.15, 0.2) is 24.3 Å². The molecule has 0 heterocycles. The molecule has 4 heteroatoms. The first kappa shape index (κ1) is 15.5. The fraction of sp³-hybridized carbons (Fsp3) is 0.533. The number of carbonyl (C=O) groups excluding carboxylic acids is 1. The molecule has 19 heavy (non-hydrogen) atoms. The van der Waals surface area contributed by atoms with E-state index in [-0.39, 0.29) is 11.9 Å². The summed E-state index contributed by atoms with van der Waals surface area (Å²) in [5.74, 6) is 0.848. The summed E-state index contributed by atoms with van der Waals surface area (Å²) >= 11 is 0. The molecule has 1 aromatic carbocycles. The second-order valence-electron chi connectivity index (χ2n) is 4.60. The molecule has 1 amide bonds. The average molecular weight is 264 g/mol. The maximum atomic E-state index is 12.2. The van der Waals surface area contributed by atoms with Crippen molar-refractivity contribution in [2.24, 2.45) is 5.73 Å². The van der Waals surface area contributed by atoms with Crippen molar-refractivity contribution in [1.29, 1.82) is 0 Å². The molecule has 1 rings (SSSR count). The van der Waals surface area contributed by atoms with Crippen LogP contribution in [0.2, 0.25) is 0 Å². The molecule has 0 aliphatic heterocycles. The van der Waals surface area contributed by atoms with Gasteiger partial charge in [0.1, 0.15) is 5.75 Å². The van der Waals surface area contributed by atoms with Gasteiger partial charge >= 0.3 is 0 Å². The standard InChI is InChI=1S/C15H24N2O2/c1-4-6-14(16)15(18)17(5-2)11-12-7-9-13(19-3)10-8-12/h7-10,14H,4-6,11,16H2,1-3H3/t14-/m1/s1. The van der Waals surface area contributed by atoms with Crippen molar-refractivity contribution >= 4 is 5.91 Å². The van der Waals surface area contributed by atoms with E-state index in [0.717, 1.165) is 24.2 Å². The van der Waals surface area contributed by atoms with E-state index in [1.165, 1.54) is 0 Å². The number of nitrogens with two attached hydrogens (primary N) is 1. The number of amides is 1. The van der Waals surface area contributed by atoms with Crippen LogP contribution in [0.1, 0.15) is 32.3 Å². The SMILES string of the molecule is CCC[C@@H](N)C(=O)N(CC)Cc1ccc(OC)cc1. The monoisotopic (exact) mass is 264 g/mol. The molecule has 0 radical (unpaired) electrons. The maximum absolute atomic E-state index is 12.2. The number of hydrogen-bond acceptors (Lipinski definition) is 3. The van der Waals surface area contributed by atoms with E-state index in [9.17, 15) is 4.79 Å². The van der Waals surface area contributed by atoms with E-state index in [0.29, 0.717) is 13.1 Å². The Morgan fingerprint density at radius 3 is 2.42 bits per heavy atom. The number of methoxy groups -OCH3 is 1. The fourth-order valence-electron chi connectivity index (χ4n) is 1.97. The lowest BCUT2D eigenvalue weighted by Gasteiger charge is -2.24. The summed E-state index contributed by atoms with van der Waals surface area (Å²) in [4.78, 5) is 14.0. The lowest BCUT2D eigenvalue weighted by molar-refractivity contribution is -0.133. The molecule has 0 saturated carbocycles. The molecule has 0 fully saturated rings. The van der Waals surface area contributed by atoms with Crippen molar-refractivity contribution in [1.82, 2.24) is 4.90 Å².